The van der Waals surface area contributed by atoms with Crippen molar-refractivity contribution in [3.05, 3.63) is 71.9 Å². The Labute approximate surface area is 231 Å². The minimum Gasteiger partial charge on any atom is -0.489 e. The molecule has 1 amide bonds. The summed E-state index contributed by atoms with van der Waals surface area (Å²) in [5, 5.41) is 24.0. The van der Waals surface area contributed by atoms with Gasteiger partial charge in [0.05, 0.1) is 41.2 Å². The van der Waals surface area contributed by atoms with E-state index in [2.05, 4.69) is 27.0 Å². The molecule has 40 heavy (non-hydrogen) atoms. The Hall–Kier alpha value is -4.93. The molecule has 3 saturated heterocycles. The predicted octanol–water partition coefficient (Wildman–Crippen LogP) is 2.90. The van der Waals surface area contributed by atoms with Crippen LogP contribution in [0.25, 0.3) is 16.6 Å². The molecule has 10 heteroatoms. The first kappa shape index (κ1) is 25.4. The van der Waals surface area contributed by atoms with Crippen molar-refractivity contribution in [3.63, 3.8) is 0 Å². The lowest BCUT2D eigenvalue weighted by Crippen LogP contribution is -2.70. The van der Waals surface area contributed by atoms with Crippen LogP contribution < -0.4 is 9.64 Å². The molecule has 4 aromatic rings. The van der Waals surface area contributed by atoms with E-state index >= 15 is 0 Å². The summed E-state index contributed by atoms with van der Waals surface area (Å²) >= 11 is 0. The average Bonchev–Trinajstić information content (AvgIpc) is 3.38. The highest BCUT2D eigenvalue weighted by molar-refractivity contribution is 5.93. The van der Waals surface area contributed by atoms with Gasteiger partial charge in [-0.3, -0.25) is 4.79 Å². The lowest BCUT2D eigenvalue weighted by molar-refractivity contribution is 0.00524. The molecule has 2 atom stereocenters. The number of pyridine rings is 3. The van der Waals surface area contributed by atoms with Crippen molar-refractivity contribution in [2.75, 3.05) is 24.6 Å². The average molecular weight is 534 g/mol. The molecule has 200 valence electrons. The van der Waals surface area contributed by atoms with Gasteiger partial charge in [0.15, 0.2) is 0 Å². The number of nitriles is 1. The fourth-order valence-corrected chi connectivity index (χ4v) is 5.34. The highest BCUT2D eigenvalue weighted by Gasteiger charge is 2.48. The molecular formula is C30H27N7O3. The van der Waals surface area contributed by atoms with Gasteiger partial charge in [-0.1, -0.05) is 5.92 Å². The second-order valence-electron chi connectivity index (χ2n) is 10.8. The maximum atomic E-state index is 13.1. The van der Waals surface area contributed by atoms with Crippen LogP contribution in [0.2, 0.25) is 0 Å². The Kier molecular flexibility index (Phi) is 6.13. The summed E-state index contributed by atoms with van der Waals surface area (Å²) in [6.07, 6.45) is 12.9. The molecule has 0 saturated carbocycles. The van der Waals surface area contributed by atoms with Crippen LogP contribution in [0.1, 0.15) is 41.9 Å². The van der Waals surface area contributed by atoms with Gasteiger partial charge in [0, 0.05) is 42.2 Å². The first-order valence-corrected chi connectivity index (χ1v) is 13.0. The zero-order valence-electron chi connectivity index (χ0n) is 22.2. The summed E-state index contributed by atoms with van der Waals surface area (Å²) in [7, 11) is 0. The first-order chi connectivity index (χ1) is 19.2. The molecule has 0 radical (unpaired) electrons. The normalized spacial score (nSPS) is 18.1. The third kappa shape index (κ3) is 4.59. The Bertz CT molecular complexity index is 1660. The summed E-state index contributed by atoms with van der Waals surface area (Å²) in [5.41, 5.74) is 2.71. The van der Waals surface area contributed by atoms with E-state index in [9.17, 15) is 15.2 Å². The van der Waals surface area contributed by atoms with E-state index in [1.807, 2.05) is 23.1 Å². The number of amides is 1. The number of fused-ring (bicyclic) bond motifs is 3. The highest BCUT2D eigenvalue weighted by Crippen LogP contribution is 2.36. The van der Waals surface area contributed by atoms with Crippen LogP contribution in [0.5, 0.6) is 5.75 Å². The van der Waals surface area contributed by atoms with Gasteiger partial charge in [0.1, 0.15) is 29.9 Å². The van der Waals surface area contributed by atoms with Crippen molar-refractivity contribution < 1.29 is 14.6 Å². The molecule has 2 bridgehead atoms. The second kappa shape index (κ2) is 9.67. The van der Waals surface area contributed by atoms with Gasteiger partial charge in [-0.2, -0.15) is 10.4 Å². The van der Waals surface area contributed by atoms with Gasteiger partial charge < -0.3 is 19.6 Å². The van der Waals surface area contributed by atoms with E-state index < -0.39 is 5.60 Å². The number of terminal acetylenes is 1. The van der Waals surface area contributed by atoms with Gasteiger partial charge in [-0.05, 0) is 50.6 Å². The van der Waals surface area contributed by atoms with Crippen LogP contribution in [0.4, 0.5) is 5.82 Å². The Morgan fingerprint density at radius 1 is 1.18 bits per heavy atom. The van der Waals surface area contributed by atoms with Crippen LogP contribution >= 0.6 is 0 Å². The largest absolute Gasteiger partial charge is 0.489 e. The Balaban J connectivity index is 1.21. The summed E-state index contributed by atoms with van der Waals surface area (Å²) in [6.45, 7) is 4.81. The molecule has 3 aliphatic heterocycles. The third-order valence-electron chi connectivity index (χ3n) is 7.26. The number of rotatable bonds is 6. The number of aromatic nitrogens is 4. The molecule has 2 unspecified atom stereocenters. The van der Waals surface area contributed by atoms with Crippen LogP contribution in [0, 0.1) is 23.7 Å². The Morgan fingerprint density at radius 3 is 2.60 bits per heavy atom. The first-order valence-electron chi connectivity index (χ1n) is 13.0. The number of nitrogens with zero attached hydrogens (tertiary/aromatic N) is 7. The van der Waals surface area contributed by atoms with Crippen LogP contribution in [-0.4, -0.2) is 72.9 Å². The fourth-order valence-electron chi connectivity index (χ4n) is 5.34. The molecule has 3 fully saturated rings. The standard InChI is InChI=1S/C30H27N7O3/c1-4-19-5-7-26(32-12-19)29(38)37-22-9-23(37)16-35(15-22)27-8-6-20(13-33-27)25-10-24(40-18-30(2,3)39)17-36-28(25)21(11-31)14-34-36/h1,5-8,10,12-14,17,22-23,39H,9,15-16,18H2,2-3H3. The molecule has 4 aromatic heterocycles. The number of hydrogen-bond donors (Lipinski definition) is 1. The SMILES string of the molecule is C#Cc1ccc(C(=O)N2C3CC2CN(c2ccc(-c4cc(OCC(C)(C)O)cn5ncc(C#N)c45)cn2)C3)nc1. The van der Waals surface area contributed by atoms with E-state index in [0.717, 1.165) is 23.4 Å². The summed E-state index contributed by atoms with van der Waals surface area (Å²) in [5.74, 6) is 3.79. The number of carbonyl (C=O) groups excluding carboxylic acids is 1. The van der Waals surface area contributed by atoms with E-state index in [-0.39, 0.29) is 24.6 Å². The minimum atomic E-state index is -1.00. The topological polar surface area (TPSA) is 120 Å². The van der Waals surface area contributed by atoms with E-state index in [1.54, 1.807) is 49.1 Å². The quantitative estimate of drug-likeness (QED) is 0.376. The van der Waals surface area contributed by atoms with Gasteiger partial charge in [-0.25, -0.2) is 14.5 Å². The molecule has 0 aliphatic carbocycles. The van der Waals surface area contributed by atoms with Crippen LogP contribution in [0.15, 0.2) is 55.1 Å². The highest BCUT2D eigenvalue weighted by atomic mass is 16.5. The monoisotopic (exact) mass is 533 g/mol. The van der Waals surface area contributed by atoms with E-state index in [1.165, 1.54) is 6.20 Å². The number of carbonyl (C=O) groups is 1. The van der Waals surface area contributed by atoms with E-state index in [4.69, 9.17) is 16.1 Å². The zero-order chi connectivity index (χ0) is 28.0. The maximum Gasteiger partial charge on any atom is 0.273 e. The van der Waals surface area contributed by atoms with Crippen LogP contribution in [-0.2, 0) is 0 Å². The van der Waals surface area contributed by atoms with Crippen molar-refractivity contribution >= 4 is 17.2 Å². The molecule has 1 N–H and O–H groups in total. The van der Waals surface area contributed by atoms with Crippen molar-refractivity contribution in [3.8, 4) is 35.3 Å². The molecule has 7 rings (SSSR count). The van der Waals surface area contributed by atoms with Crippen molar-refractivity contribution in [2.24, 2.45) is 0 Å². The molecule has 3 aliphatic rings. The summed E-state index contributed by atoms with van der Waals surface area (Å²) in [4.78, 5) is 26.2. The fraction of sp³-hybridized carbons (Fsp3) is 0.300. The maximum absolute atomic E-state index is 13.1. The number of hydrogen-bond acceptors (Lipinski definition) is 8. The number of ether oxygens (including phenoxy) is 1. The van der Waals surface area contributed by atoms with Gasteiger partial charge in [0.25, 0.3) is 5.91 Å². The van der Waals surface area contributed by atoms with Gasteiger partial charge >= 0.3 is 0 Å². The number of aliphatic hydroxyl groups is 1. The predicted molar refractivity (Wildman–Crippen MR) is 148 cm³/mol. The van der Waals surface area contributed by atoms with Crippen molar-refractivity contribution in [1.29, 1.82) is 5.26 Å². The lowest BCUT2D eigenvalue weighted by atomic mass is 9.87. The molecule has 0 spiro atoms. The van der Waals surface area contributed by atoms with Gasteiger partial charge in [0.2, 0.25) is 0 Å². The summed E-state index contributed by atoms with van der Waals surface area (Å²) in [6, 6.07) is 11.6. The number of piperazine rings is 1. The van der Waals surface area contributed by atoms with Crippen molar-refractivity contribution in [1.82, 2.24) is 24.5 Å². The molecule has 0 aromatic carbocycles. The lowest BCUT2D eigenvalue weighted by Gasteiger charge is -2.56. The Morgan fingerprint density at radius 2 is 1.98 bits per heavy atom. The minimum absolute atomic E-state index is 0.0717. The van der Waals surface area contributed by atoms with Crippen LogP contribution in [0.3, 0.4) is 0 Å². The third-order valence-corrected chi connectivity index (χ3v) is 7.26. The molecule has 10 nitrogen and oxygen atoms in total. The zero-order valence-corrected chi connectivity index (χ0v) is 22.2. The second-order valence-corrected chi connectivity index (χ2v) is 10.8. The molecular weight excluding hydrogens is 506 g/mol. The van der Waals surface area contributed by atoms with Crippen molar-refractivity contribution in [2.45, 2.75) is 38.0 Å². The van der Waals surface area contributed by atoms with Gasteiger partial charge in [-0.15, -0.1) is 6.42 Å². The van der Waals surface area contributed by atoms with E-state index in [0.29, 0.717) is 41.2 Å². The number of anilines is 1. The smallest absolute Gasteiger partial charge is 0.273 e. The molecule has 7 heterocycles. The number of piperidine rings is 1. The summed E-state index contributed by atoms with van der Waals surface area (Å²) < 4.78 is 7.44.